The van der Waals surface area contributed by atoms with Gasteiger partial charge in [0.05, 0.1) is 28.2 Å². The summed E-state index contributed by atoms with van der Waals surface area (Å²) in [6, 6.07) is 9.29. The molecule has 4 aliphatic rings. The topological polar surface area (TPSA) is 69.7 Å². The first-order valence-electron chi connectivity index (χ1n) is 11.1. The van der Waals surface area contributed by atoms with E-state index in [1.807, 2.05) is 51.1 Å². The average Bonchev–Trinajstić information content (AvgIpc) is 3.44. The second kappa shape index (κ2) is 6.42. The first kappa shape index (κ1) is 19.9. The van der Waals surface area contributed by atoms with Gasteiger partial charge in [-0.25, -0.2) is 4.90 Å². The van der Waals surface area contributed by atoms with E-state index in [-0.39, 0.29) is 23.8 Å². The number of rotatable bonds is 1. The molecule has 0 bridgehead atoms. The molecule has 0 radical (unpaired) electrons. The Hall–Kier alpha value is -2.70. The molecule has 3 saturated heterocycles. The van der Waals surface area contributed by atoms with Crippen molar-refractivity contribution in [2.24, 2.45) is 11.8 Å². The molecular weight excluding hydrogens is 426 g/mol. The van der Waals surface area contributed by atoms with Crippen LogP contribution < -0.4 is 10.2 Å². The van der Waals surface area contributed by atoms with Crippen LogP contribution in [0.4, 0.5) is 11.4 Å². The summed E-state index contributed by atoms with van der Waals surface area (Å²) in [6.07, 6.45) is 1.69. The van der Waals surface area contributed by atoms with Crippen LogP contribution in [0.25, 0.3) is 0 Å². The third kappa shape index (κ3) is 2.17. The number of hydrogen-bond acceptors (Lipinski definition) is 4. The Kier molecular flexibility index (Phi) is 4.00. The highest BCUT2D eigenvalue weighted by atomic mass is 35.5. The molecule has 164 valence electrons. The molecule has 6 rings (SSSR count). The predicted molar refractivity (Wildman–Crippen MR) is 122 cm³/mol. The van der Waals surface area contributed by atoms with Crippen molar-refractivity contribution in [3.63, 3.8) is 0 Å². The summed E-state index contributed by atoms with van der Waals surface area (Å²) in [5, 5.41) is 3.43. The average molecular weight is 450 g/mol. The molecule has 0 saturated carbocycles. The Morgan fingerprint density at radius 2 is 1.88 bits per heavy atom. The number of carbonyl (C=O) groups is 3. The number of imide groups is 1. The van der Waals surface area contributed by atoms with Crippen LogP contribution in [0.15, 0.2) is 30.3 Å². The summed E-state index contributed by atoms with van der Waals surface area (Å²) in [4.78, 5) is 45.1. The molecule has 4 atom stereocenters. The maximum Gasteiger partial charge on any atom is 0.250 e. The van der Waals surface area contributed by atoms with Crippen LogP contribution in [0.1, 0.15) is 35.1 Å². The van der Waals surface area contributed by atoms with E-state index in [2.05, 4.69) is 10.2 Å². The highest BCUT2D eigenvalue weighted by Gasteiger charge is 2.74. The maximum atomic E-state index is 14.0. The van der Waals surface area contributed by atoms with Crippen molar-refractivity contribution in [3.8, 4) is 0 Å². The zero-order valence-corrected chi connectivity index (χ0v) is 19.0. The van der Waals surface area contributed by atoms with Gasteiger partial charge in [-0.3, -0.25) is 19.3 Å². The summed E-state index contributed by atoms with van der Waals surface area (Å²) >= 11 is 6.52. The van der Waals surface area contributed by atoms with E-state index in [0.717, 1.165) is 35.1 Å². The van der Waals surface area contributed by atoms with E-state index < -0.39 is 17.4 Å². The summed E-state index contributed by atoms with van der Waals surface area (Å²) in [6.45, 7) is 6.51. The van der Waals surface area contributed by atoms with Crippen LogP contribution in [-0.4, -0.2) is 35.2 Å². The number of benzene rings is 2. The van der Waals surface area contributed by atoms with Gasteiger partial charge in [0.2, 0.25) is 11.8 Å². The summed E-state index contributed by atoms with van der Waals surface area (Å²) in [5.74, 6) is -2.03. The molecule has 4 heterocycles. The van der Waals surface area contributed by atoms with Gasteiger partial charge in [-0.1, -0.05) is 29.8 Å². The number of aryl methyl sites for hydroxylation is 2. The zero-order chi connectivity index (χ0) is 22.5. The summed E-state index contributed by atoms with van der Waals surface area (Å²) < 4.78 is 0. The molecule has 7 heteroatoms. The fourth-order valence-electron chi connectivity index (χ4n) is 6.61. The molecule has 0 aromatic heterocycles. The minimum Gasteiger partial charge on any atom is -0.323 e. The van der Waals surface area contributed by atoms with Gasteiger partial charge in [0.1, 0.15) is 5.54 Å². The molecule has 32 heavy (non-hydrogen) atoms. The van der Waals surface area contributed by atoms with Gasteiger partial charge >= 0.3 is 0 Å². The Morgan fingerprint density at radius 1 is 1.09 bits per heavy atom. The van der Waals surface area contributed by atoms with Crippen LogP contribution in [0.5, 0.6) is 0 Å². The van der Waals surface area contributed by atoms with Gasteiger partial charge in [0, 0.05) is 11.6 Å². The number of halogens is 1. The van der Waals surface area contributed by atoms with Crippen LogP contribution in [0.2, 0.25) is 5.02 Å². The summed E-state index contributed by atoms with van der Waals surface area (Å²) in [5.41, 5.74) is 3.57. The highest BCUT2D eigenvalue weighted by molar-refractivity contribution is 6.35. The second-order valence-electron chi connectivity index (χ2n) is 9.53. The zero-order valence-electron chi connectivity index (χ0n) is 18.2. The number of carbonyl (C=O) groups excluding carboxylic acids is 3. The normalized spacial score (nSPS) is 30.8. The van der Waals surface area contributed by atoms with Crippen LogP contribution in [0, 0.1) is 32.6 Å². The number of anilines is 2. The fraction of sp³-hybridized carbons (Fsp3) is 0.400. The third-order valence-electron chi connectivity index (χ3n) is 8.01. The van der Waals surface area contributed by atoms with Gasteiger partial charge < -0.3 is 5.32 Å². The van der Waals surface area contributed by atoms with Crippen molar-refractivity contribution in [2.75, 3.05) is 16.8 Å². The van der Waals surface area contributed by atoms with Crippen molar-refractivity contribution in [1.82, 2.24) is 4.90 Å². The molecule has 6 nitrogen and oxygen atoms in total. The van der Waals surface area contributed by atoms with E-state index in [4.69, 9.17) is 11.6 Å². The number of amides is 3. The fourth-order valence-corrected chi connectivity index (χ4v) is 6.93. The number of nitrogens with zero attached hydrogens (tertiary/aromatic N) is 2. The van der Waals surface area contributed by atoms with Crippen molar-refractivity contribution in [2.45, 2.75) is 45.2 Å². The lowest BCUT2D eigenvalue weighted by molar-refractivity contribution is -0.135. The van der Waals surface area contributed by atoms with Gasteiger partial charge in [-0.05, 0) is 69.0 Å². The molecule has 2 aromatic rings. The van der Waals surface area contributed by atoms with Crippen molar-refractivity contribution < 1.29 is 14.4 Å². The van der Waals surface area contributed by atoms with Crippen molar-refractivity contribution in [1.29, 1.82) is 0 Å². The summed E-state index contributed by atoms with van der Waals surface area (Å²) in [7, 11) is 0. The lowest BCUT2D eigenvalue weighted by Crippen LogP contribution is -2.54. The smallest absolute Gasteiger partial charge is 0.250 e. The first-order valence-corrected chi connectivity index (χ1v) is 11.5. The Morgan fingerprint density at radius 3 is 2.66 bits per heavy atom. The van der Waals surface area contributed by atoms with Crippen molar-refractivity contribution >= 4 is 40.7 Å². The van der Waals surface area contributed by atoms with Gasteiger partial charge in [-0.15, -0.1) is 0 Å². The minimum atomic E-state index is -1.20. The lowest BCUT2D eigenvalue weighted by Gasteiger charge is -2.37. The largest absolute Gasteiger partial charge is 0.323 e. The van der Waals surface area contributed by atoms with E-state index in [1.165, 1.54) is 4.90 Å². The standard InChI is InChI=1S/C25H24ClN3O3/c1-12-10-15-21(16(26)11-12)27-24(32)25(15)20-19(18-8-5-9-28(18)25)22(30)29(23(20)31)17-7-4-6-13(2)14(17)3/h4,6-7,10-11,18-20H,5,8-9H2,1-3H3,(H,27,32)/t18-,19+,20+,25-/m1/s1. The van der Waals surface area contributed by atoms with Crippen LogP contribution >= 0.6 is 11.6 Å². The lowest BCUT2D eigenvalue weighted by atomic mass is 9.75. The SMILES string of the molecule is Cc1cc(Cl)c2c(c1)[C@]1(C(=O)N2)[C@@H]2C(=O)N(c3cccc(C)c3C)C(=O)[C@H]2[C@H]2CCCN21. The van der Waals surface area contributed by atoms with E-state index >= 15 is 0 Å². The quantitative estimate of drug-likeness (QED) is 0.674. The Balaban J connectivity index is 1.59. The number of fused-ring (bicyclic) bond motifs is 7. The molecule has 3 fully saturated rings. The molecule has 4 aliphatic heterocycles. The number of hydrogen-bond donors (Lipinski definition) is 1. The van der Waals surface area contributed by atoms with E-state index in [1.54, 1.807) is 0 Å². The minimum absolute atomic E-state index is 0.137. The first-order chi connectivity index (χ1) is 15.3. The third-order valence-corrected chi connectivity index (χ3v) is 8.31. The monoisotopic (exact) mass is 449 g/mol. The molecule has 0 aliphatic carbocycles. The molecule has 1 spiro atoms. The van der Waals surface area contributed by atoms with Gasteiger partial charge in [0.15, 0.2) is 0 Å². The maximum absolute atomic E-state index is 14.0. The van der Waals surface area contributed by atoms with Crippen LogP contribution in [0.3, 0.4) is 0 Å². The van der Waals surface area contributed by atoms with Crippen molar-refractivity contribution in [3.05, 3.63) is 57.6 Å². The van der Waals surface area contributed by atoms with E-state index in [9.17, 15) is 14.4 Å². The number of nitrogens with one attached hydrogen (secondary N) is 1. The van der Waals surface area contributed by atoms with Gasteiger partial charge in [0.25, 0.3) is 5.91 Å². The Bertz CT molecular complexity index is 1240. The van der Waals surface area contributed by atoms with Gasteiger partial charge in [-0.2, -0.15) is 0 Å². The second-order valence-corrected chi connectivity index (χ2v) is 9.93. The molecule has 1 N–H and O–H groups in total. The predicted octanol–water partition coefficient (Wildman–Crippen LogP) is 3.70. The van der Waals surface area contributed by atoms with Crippen LogP contribution in [-0.2, 0) is 19.9 Å². The molecule has 2 aromatic carbocycles. The molecule has 0 unspecified atom stereocenters. The molecular formula is C25H24ClN3O3. The Labute approximate surface area is 191 Å². The highest BCUT2D eigenvalue weighted by Crippen LogP contribution is 2.61. The van der Waals surface area contributed by atoms with E-state index in [0.29, 0.717) is 22.9 Å². The molecule has 3 amide bonds.